The summed E-state index contributed by atoms with van der Waals surface area (Å²) in [5.41, 5.74) is 0. The summed E-state index contributed by atoms with van der Waals surface area (Å²) in [6, 6.07) is -0.0495. The Hall–Kier alpha value is -1.90. The molecule has 25 heteroatoms. The highest BCUT2D eigenvalue weighted by Crippen LogP contribution is 2.42. The number of thiocarbonyl (C=S) groups is 2. The van der Waals surface area contributed by atoms with Crippen molar-refractivity contribution in [3.05, 3.63) is 0 Å². The average Bonchev–Trinajstić information content (AvgIpc) is 3.33. The highest BCUT2D eigenvalue weighted by Gasteiger charge is 2.30. The van der Waals surface area contributed by atoms with Gasteiger partial charge < -0.3 is 68.1 Å². The van der Waals surface area contributed by atoms with Crippen LogP contribution in [-0.2, 0) is 66.0 Å². The smallest absolute Gasteiger partial charge is 0.327 e. The maximum Gasteiger partial charge on any atom is 0.327 e. The van der Waals surface area contributed by atoms with Gasteiger partial charge in [0, 0.05) is 98.9 Å². The molecule has 0 aliphatic carbocycles. The predicted molar refractivity (Wildman–Crippen MR) is 279 cm³/mol. The molecule has 1 rings (SSSR count). The van der Waals surface area contributed by atoms with Gasteiger partial charge >= 0.3 is 7.60 Å². The fraction of sp³-hybridized carbons (Fsp3) is 0.841. The van der Waals surface area contributed by atoms with Crippen molar-refractivity contribution in [2.24, 2.45) is 0 Å². The van der Waals surface area contributed by atoms with Gasteiger partial charge in [-0.3, -0.25) is 28.5 Å². The van der Waals surface area contributed by atoms with Gasteiger partial charge in [0.15, 0.2) is 0 Å². The van der Waals surface area contributed by atoms with E-state index in [0.29, 0.717) is 98.2 Å². The Bertz CT molecular complexity index is 1550. The van der Waals surface area contributed by atoms with Gasteiger partial charge in [0.2, 0.25) is 17.7 Å². The van der Waals surface area contributed by atoms with Crippen LogP contribution in [0, 0.1) is 0 Å². The van der Waals surface area contributed by atoms with Gasteiger partial charge in [0.1, 0.15) is 20.2 Å². The van der Waals surface area contributed by atoms with Gasteiger partial charge in [-0.25, -0.2) is 0 Å². The lowest BCUT2D eigenvalue weighted by molar-refractivity contribution is -0.132. The Kier molecular flexibility index (Phi) is 38.3. The van der Waals surface area contributed by atoms with Crippen molar-refractivity contribution in [3.63, 3.8) is 0 Å². The Morgan fingerprint density at radius 3 is 1.81 bits per heavy atom. The summed E-state index contributed by atoms with van der Waals surface area (Å²) in [5, 5.41) is 6.34. The largest absolute Gasteiger partial charge is 0.383 e. The second kappa shape index (κ2) is 40.6. The molecule has 5 amide bonds. The SMILES string of the molecule is CCOCCOCCN(CCOC)C(=O)C(S)C(=S)C(=O)NCCCN(CCCNC(=O)C(=S)C(S)C(=O)N1CCOCCOCCOCC1)C(C)CCC(=O)NCCCCCCOP(C)(=O)OC. The monoisotopic (exact) mass is 1080 g/mol. The number of nitrogens with one attached hydrogen (secondary N) is 3. The van der Waals surface area contributed by atoms with Crippen LogP contribution in [0.2, 0.25) is 0 Å². The Balaban J connectivity index is 2.80. The zero-order valence-corrected chi connectivity index (χ0v) is 45.8. The third-order valence-electron chi connectivity index (χ3n) is 10.7. The van der Waals surface area contributed by atoms with Gasteiger partial charge in [0.25, 0.3) is 11.8 Å². The predicted octanol–water partition coefficient (Wildman–Crippen LogP) is 2.39. The zero-order chi connectivity index (χ0) is 51.3. The van der Waals surface area contributed by atoms with Crippen LogP contribution >= 0.6 is 57.3 Å². The van der Waals surface area contributed by atoms with E-state index in [0.717, 1.165) is 25.7 Å². The molecular formula is C44H81N6O14PS4. The average molecular weight is 1080 g/mol. The van der Waals surface area contributed by atoms with Gasteiger partial charge in [-0.05, 0) is 46.0 Å². The summed E-state index contributed by atoms with van der Waals surface area (Å²) in [7, 11) is -0.0986. The molecule has 1 aliphatic heterocycles. The molecule has 3 N–H and O–H groups in total. The summed E-state index contributed by atoms with van der Waals surface area (Å²) in [5.74, 6) is -2.04. The first-order valence-corrected chi connectivity index (χ1v) is 27.7. The number of hydrogen-bond donors (Lipinski definition) is 5. The normalized spacial score (nSPS) is 16.0. The first kappa shape index (κ1) is 65.1. The fourth-order valence-electron chi connectivity index (χ4n) is 6.51. The lowest BCUT2D eigenvalue weighted by Crippen LogP contribution is -2.47. The van der Waals surface area contributed by atoms with Crippen molar-refractivity contribution >= 4 is 96.6 Å². The maximum atomic E-state index is 13.4. The number of carbonyl (C=O) groups is 5. The Morgan fingerprint density at radius 1 is 0.696 bits per heavy atom. The molecule has 0 aromatic carbocycles. The molecule has 1 aliphatic rings. The van der Waals surface area contributed by atoms with Gasteiger partial charge in [-0.2, -0.15) is 25.3 Å². The maximum absolute atomic E-state index is 13.4. The molecule has 0 bridgehead atoms. The first-order chi connectivity index (χ1) is 33.1. The molecule has 1 fully saturated rings. The molecule has 20 nitrogen and oxygen atoms in total. The van der Waals surface area contributed by atoms with Crippen molar-refractivity contribution in [3.8, 4) is 0 Å². The molecule has 4 unspecified atom stereocenters. The second-order valence-electron chi connectivity index (χ2n) is 16.0. The van der Waals surface area contributed by atoms with Gasteiger partial charge in [-0.15, -0.1) is 0 Å². The van der Waals surface area contributed by atoms with Crippen LogP contribution in [-0.4, -0.2) is 230 Å². The van der Waals surface area contributed by atoms with E-state index in [4.69, 9.17) is 61.9 Å². The number of unbranched alkanes of at least 4 members (excludes halogenated alkanes) is 3. The quantitative estimate of drug-likeness (QED) is 0.0261. The summed E-state index contributed by atoms with van der Waals surface area (Å²) in [4.78, 5) is 70.7. The molecule has 1 saturated heterocycles. The Morgan fingerprint density at radius 2 is 1.23 bits per heavy atom. The minimum Gasteiger partial charge on any atom is -0.383 e. The van der Waals surface area contributed by atoms with E-state index in [2.05, 4.69) is 46.1 Å². The van der Waals surface area contributed by atoms with E-state index in [1.165, 1.54) is 30.7 Å². The summed E-state index contributed by atoms with van der Waals surface area (Å²) in [6.45, 7) is 13.0. The highest BCUT2D eigenvalue weighted by molar-refractivity contribution is 7.89. The highest BCUT2D eigenvalue weighted by atomic mass is 32.1. The van der Waals surface area contributed by atoms with E-state index in [1.807, 2.05) is 13.8 Å². The standard InChI is InChI=1S/C44H81N6O14PS4/c1-6-59-29-30-60-26-21-49(20-25-57-3)43(54)39(68)37(66)41(52)46-16-11-18-48(35(2)13-14-36(51)45-15-9-7-8-10-24-64-65(5,56)58-4)19-12-17-47-42(53)38(67)40(69)44(55)50-22-27-61-31-33-63-34-32-62-28-23-50/h35,39-40,68-69H,6-34H2,1-5H3,(H,45,51)(H,46,52)(H,47,53). The van der Waals surface area contributed by atoms with Crippen LogP contribution in [0.15, 0.2) is 0 Å². The molecular weight excluding hydrogens is 996 g/mol. The molecule has 69 heavy (non-hydrogen) atoms. The minimum absolute atomic E-state index is 0.0495. The van der Waals surface area contributed by atoms with Crippen LogP contribution in [0.4, 0.5) is 0 Å². The molecule has 1 heterocycles. The molecule has 0 aromatic heterocycles. The van der Waals surface area contributed by atoms with E-state index in [1.54, 1.807) is 0 Å². The van der Waals surface area contributed by atoms with Crippen LogP contribution in [0.3, 0.4) is 0 Å². The van der Waals surface area contributed by atoms with Crippen molar-refractivity contribution < 1.29 is 66.0 Å². The number of hydrogen-bond acceptors (Lipinski definition) is 19. The van der Waals surface area contributed by atoms with E-state index >= 15 is 0 Å². The van der Waals surface area contributed by atoms with Crippen molar-refractivity contribution in [2.75, 3.05) is 159 Å². The summed E-state index contributed by atoms with van der Waals surface area (Å²) >= 11 is 19.7. The molecule has 0 saturated carbocycles. The lowest BCUT2D eigenvalue weighted by Gasteiger charge is -2.29. The van der Waals surface area contributed by atoms with Crippen molar-refractivity contribution in [1.82, 2.24) is 30.7 Å². The van der Waals surface area contributed by atoms with Crippen LogP contribution < -0.4 is 16.0 Å². The summed E-state index contributed by atoms with van der Waals surface area (Å²) < 4.78 is 54.5. The number of carbonyl (C=O) groups excluding carboxylic acids is 5. The minimum atomic E-state index is -2.99. The van der Waals surface area contributed by atoms with Crippen molar-refractivity contribution in [1.29, 1.82) is 0 Å². The molecule has 4 atom stereocenters. The van der Waals surface area contributed by atoms with Gasteiger partial charge in [0.05, 0.1) is 72.7 Å². The van der Waals surface area contributed by atoms with E-state index in [9.17, 15) is 28.5 Å². The topological polar surface area (TPSA) is 222 Å². The van der Waals surface area contributed by atoms with Gasteiger partial charge in [-0.1, -0.05) is 37.3 Å². The lowest BCUT2D eigenvalue weighted by atomic mass is 10.1. The number of nitrogens with zero attached hydrogens (tertiary/aromatic N) is 3. The van der Waals surface area contributed by atoms with E-state index in [-0.39, 0.29) is 87.4 Å². The molecule has 0 radical (unpaired) electrons. The fourth-order valence-corrected chi connectivity index (χ4v) is 7.99. The first-order valence-electron chi connectivity index (χ1n) is 23.8. The number of methoxy groups -OCH3 is 1. The third-order valence-corrected chi connectivity index (χ3v) is 14.2. The second-order valence-corrected chi connectivity index (χ2v) is 20.1. The molecule has 400 valence electrons. The zero-order valence-electron chi connectivity index (χ0n) is 41.5. The van der Waals surface area contributed by atoms with Crippen LogP contribution in [0.1, 0.15) is 65.2 Å². The summed E-state index contributed by atoms with van der Waals surface area (Å²) in [6.07, 6.45) is 5.16. The number of thiol groups is 2. The number of ether oxygens (including phenoxy) is 6. The number of rotatable bonds is 37. The molecule has 0 aromatic rings. The van der Waals surface area contributed by atoms with Crippen LogP contribution in [0.25, 0.3) is 0 Å². The van der Waals surface area contributed by atoms with Crippen LogP contribution in [0.5, 0.6) is 0 Å². The van der Waals surface area contributed by atoms with Crippen molar-refractivity contribution in [2.45, 2.75) is 81.8 Å². The Labute approximate surface area is 432 Å². The molecule has 0 spiro atoms. The third kappa shape index (κ3) is 30.7. The number of amides is 5. The van der Waals surface area contributed by atoms with E-state index < -0.39 is 41.7 Å².